The molecular weight excluding hydrogens is 152 g/mol. The molecule has 0 aromatic heterocycles. The number of nitrogens with zero attached hydrogens (tertiary/aromatic N) is 1. The normalized spacial score (nSPS) is 9.17. The third kappa shape index (κ3) is 4.01. The van der Waals surface area contributed by atoms with Crippen LogP contribution in [-0.4, -0.2) is 30.6 Å². The van der Waals surface area contributed by atoms with E-state index in [1.54, 1.807) is 11.0 Å². The van der Waals surface area contributed by atoms with Crippen molar-refractivity contribution in [1.29, 1.82) is 0 Å². The van der Waals surface area contributed by atoms with E-state index in [9.17, 15) is 4.79 Å². The van der Waals surface area contributed by atoms with Crippen LogP contribution < -0.4 is 5.32 Å². The second-order valence-electron chi connectivity index (χ2n) is 2.57. The predicted molar refractivity (Wildman–Crippen MR) is 51.1 cm³/mol. The molecule has 0 aromatic rings. The Hall–Kier alpha value is -0.990. The molecule has 0 unspecified atom stereocenters. The zero-order valence-corrected chi connectivity index (χ0v) is 7.97. The van der Waals surface area contributed by atoms with E-state index in [4.69, 9.17) is 0 Å². The highest BCUT2D eigenvalue weighted by atomic mass is 16.2. The van der Waals surface area contributed by atoms with Crippen molar-refractivity contribution in [2.75, 3.05) is 19.6 Å². The molecule has 2 amide bonds. The number of urea groups is 1. The smallest absolute Gasteiger partial charge is 0.317 e. The van der Waals surface area contributed by atoms with Crippen LogP contribution in [0, 0.1) is 0 Å². The first-order valence-electron chi connectivity index (χ1n) is 4.39. The molecule has 70 valence electrons. The molecule has 12 heavy (non-hydrogen) atoms. The van der Waals surface area contributed by atoms with Crippen LogP contribution in [0.2, 0.25) is 0 Å². The third-order valence-electron chi connectivity index (χ3n) is 1.46. The van der Waals surface area contributed by atoms with E-state index in [2.05, 4.69) is 18.8 Å². The van der Waals surface area contributed by atoms with Crippen LogP contribution >= 0.6 is 0 Å². The van der Waals surface area contributed by atoms with Gasteiger partial charge in [-0.3, -0.25) is 0 Å². The SMILES string of the molecule is C=CCN(CCC)C(=O)NCC. The summed E-state index contributed by atoms with van der Waals surface area (Å²) in [4.78, 5) is 13.0. The Labute approximate surface area is 74.4 Å². The van der Waals surface area contributed by atoms with Gasteiger partial charge in [-0.2, -0.15) is 0 Å². The monoisotopic (exact) mass is 170 g/mol. The van der Waals surface area contributed by atoms with Gasteiger partial charge in [-0.1, -0.05) is 13.0 Å². The fraction of sp³-hybridized carbons (Fsp3) is 0.667. The van der Waals surface area contributed by atoms with E-state index < -0.39 is 0 Å². The largest absolute Gasteiger partial charge is 0.338 e. The second kappa shape index (κ2) is 6.70. The molecule has 0 radical (unpaired) electrons. The maximum Gasteiger partial charge on any atom is 0.317 e. The molecule has 0 spiro atoms. The maximum atomic E-state index is 11.3. The van der Waals surface area contributed by atoms with Crippen molar-refractivity contribution in [2.24, 2.45) is 0 Å². The Morgan fingerprint density at radius 1 is 1.58 bits per heavy atom. The summed E-state index contributed by atoms with van der Waals surface area (Å²) in [6.45, 7) is 9.66. The topological polar surface area (TPSA) is 32.3 Å². The van der Waals surface area contributed by atoms with Crippen molar-refractivity contribution in [3.8, 4) is 0 Å². The van der Waals surface area contributed by atoms with Crippen LogP contribution in [0.3, 0.4) is 0 Å². The summed E-state index contributed by atoms with van der Waals surface area (Å²) in [5, 5.41) is 2.75. The molecule has 0 rings (SSSR count). The molecule has 0 aliphatic heterocycles. The number of carbonyl (C=O) groups excluding carboxylic acids is 1. The Morgan fingerprint density at radius 3 is 2.67 bits per heavy atom. The minimum absolute atomic E-state index is 0.000694. The summed E-state index contributed by atoms with van der Waals surface area (Å²) < 4.78 is 0. The minimum atomic E-state index is -0.000694. The van der Waals surface area contributed by atoms with Crippen LogP contribution in [0.4, 0.5) is 4.79 Å². The summed E-state index contributed by atoms with van der Waals surface area (Å²) >= 11 is 0. The summed E-state index contributed by atoms with van der Waals surface area (Å²) in [5.41, 5.74) is 0. The highest BCUT2D eigenvalue weighted by molar-refractivity contribution is 5.74. The van der Waals surface area contributed by atoms with Crippen LogP contribution in [0.1, 0.15) is 20.3 Å². The average Bonchev–Trinajstić information content (AvgIpc) is 2.04. The van der Waals surface area contributed by atoms with Gasteiger partial charge in [-0.25, -0.2) is 4.79 Å². The highest BCUT2D eigenvalue weighted by Crippen LogP contribution is 1.92. The quantitative estimate of drug-likeness (QED) is 0.625. The summed E-state index contributed by atoms with van der Waals surface area (Å²) in [6.07, 6.45) is 2.72. The fourth-order valence-electron chi connectivity index (χ4n) is 0.965. The van der Waals surface area contributed by atoms with Crippen molar-refractivity contribution in [1.82, 2.24) is 10.2 Å². The molecule has 0 heterocycles. The first-order chi connectivity index (χ1) is 5.76. The number of hydrogen-bond donors (Lipinski definition) is 1. The van der Waals surface area contributed by atoms with Crippen LogP contribution in [0.5, 0.6) is 0 Å². The van der Waals surface area contributed by atoms with Gasteiger partial charge in [0, 0.05) is 19.6 Å². The Bertz CT molecular complexity index is 145. The molecule has 0 aliphatic rings. The van der Waals surface area contributed by atoms with Gasteiger partial charge in [0.2, 0.25) is 0 Å². The van der Waals surface area contributed by atoms with Gasteiger partial charge >= 0.3 is 6.03 Å². The number of nitrogens with one attached hydrogen (secondary N) is 1. The molecular formula is C9H18N2O. The molecule has 0 bridgehead atoms. The van der Waals surface area contributed by atoms with Gasteiger partial charge in [0.1, 0.15) is 0 Å². The number of hydrogen-bond acceptors (Lipinski definition) is 1. The van der Waals surface area contributed by atoms with Crippen molar-refractivity contribution in [2.45, 2.75) is 20.3 Å². The van der Waals surface area contributed by atoms with Crippen molar-refractivity contribution in [3.05, 3.63) is 12.7 Å². The van der Waals surface area contributed by atoms with E-state index in [1.807, 2.05) is 6.92 Å². The van der Waals surface area contributed by atoms with Crippen LogP contribution in [-0.2, 0) is 0 Å². The molecule has 0 saturated heterocycles. The molecule has 3 nitrogen and oxygen atoms in total. The number of carbonyl (C=O) groups is 1. The number of rotatable bonds is 5. The Balaban J connectivity index is 3.89. The lowest BCUT2D eigenvalue weighted by atomic mass is 10.4. The van der Waals surface area contributed by atoms with Crippen molar-refractivity contribution < 1.29 is 4.79 Å². The highest BCUT2D eigenvalue weighted by Gasteiger charge is 2.07. The van der Waals surface area contributed by atoms with Crippen LogP contribution in [0.15, 0.2) is 12.7 Å². The van der Waals surface area contributed by atoms with Crippen molar-refractivity contribution >= 4 is 6.03 Å². The molecule has 0 saturated carbocycles. The zero-order chi connectivity index (χ0) is 9.40. The molecule has 0 fully saturated rings. The molecule has 0 aliphatic carbocycles. The molecule has 1 N–H and O–H groups in total. The van der Waals surface area contributed by atoms with E-state index >= 15 is 0 Å². The molecule has 3 heteroatoms. The minimum Gasteiger partial charge on any atom is -0.338 e. The van der Waals surface area contributed by atoms with Gasteiger partial charge in [0.15, 0.2) is 0 Å². The van der Waals surface area contributed by atoms with E-state index in [0.29, 0.717) is 13.1 Å². The summed E-state index contributed by atoms with van der Waals surface area (Å²) in [6, 6.07) is -0.000694. The van der Waals surface area contributed by atoms with Crippen LogP contribution in [0.25, 0.3) is 0 Å². The first-order valence-corrected chi connectivity index (χ1v) is 4.39. The summed E-state index contributed by atoms with van der Waals surface area (Å²) in [7, 11) is 0. The van der Waals surface area contributed by atoms with Gasteiger partial charge in [-0.15, -0.1) is 6.58 Å². The number of amides is 2. The first kappa shape index (κ1) is 11.0. The fourth-order valence-corrected chi connectivity index (χ4v) is 0.965. The van der Waals surface area contributed by atoms with Crippen molar-refractivity contribution in [3.63, 3.8) is 0 Å². The second-order valence-corrected chi connectivity index (χ2v) is 2.57. The Morgan fingerprint density at radius 2 is 2.25 bits per heavy atom. The van der Waals surface area contributed by atoms with Gasteiger partial charge < -0.3 is 10.2 Å². The van der Waals surface area contributed by atoms with Gasteiger partial charge in [-0.05, 0) is 13.3 Å². The van der Waals surface area contributed by atoms with E-state index in [1.165, 1.54) is 0 Å². The average molecular weight is 170 g/mol. The van der Waals surface area contributed by atoms with E-state index in [0.717, 1.165) is 13.0 Å². The predicted octanol–water partition coefficient (Wildman–Crippen LogP) is 1.61. The maximum absolute atomic E-state index is 11.3. The molecule has 0 atom stereocenters. The van der Waals surface area contributed by atoms with Gasteiger partial charge in [0.25, 0.3) is 0 Å². The standard InChI is InChI=1S/C9H18N2O/c1-4-7-11(8-5-2)9(12)10-6-3/h4H,1,5-8H2,2-3H3,(H,10,12). The Kier molecular flexibility index (Phi) is 6.15. The lowest BCUT2D eigenvalue weighted by molar-refractivity contribution is 0.204. The lowest BCUT2D eigenvalue weighted by Crippen LogP contribution is -2.40. The molecule has 0 aromatic carbocycles. The summed E-state index contributed by atoms with van der Waals surface area (Å²) in [5.74, 6) is 0. The zero-order valence-electron chi connectivity index (χ0n) is 7.97. The van der Waals surface area contributed by atoms with Gasteiger partial charge in [0.05, 0.1) is 0 Å². The van der Waals surface area contributed by atoms with E-state index in [-0.39, 0.29) is 6.03 Å². The third-order valence-corrected chi connectivity index (χ3v) is 1.46. The lowest BCUT2D eigenvalue weighted by Gasteiger charge is -2.20.